The molecule has 3 aliphatic carbocycles. The minimum absolute atomic E-state index is 0.794. The third-order valence-electron chi connectivity index (χ3n) is 9.20. The second kappa shape index (κ2) is 18.3. The molecule has 3 aromatic rings. The van der Waals surface area contributed by atoms with Crippen LogP contribution >= 0.6 is 0 Å². The summed E-state index contributed by atoms with van der Waals surface area (Å²) in [6, 6.07) is 21.2. The van der Waals surface area contributed by atoms with Gasteiger partial charge in [-0.2, -0.15) is 10.2 Å². The Morgan fingerprint density at radius 3 is 2.46 bits per heavy atom. The van der Waals surface area contributed by atoms with Crippen molar-refractivity contribution in [3.63, 3.8) is 0 Å². The topological polar surface area (TPSA) is 33.4 Å². The Kier molecular flexibility index (Phi) is 12.6. The summed E-state index contributed by atoms with van der Waals surface area (Å²) in [4.78, 5) is 0. The van der Waals surface area contributed by atoms with Crippen molar-refractivity contribution < 1.29 is 0 Å². The Morgan fingerprint density at radius 2 is 1.67 bits per heavy atom. The van der Waals surface area contributed by atoms with Crippen molar-refractivity contribution in [1.29, 1.82) is 0 Å². The highest BCUT2D eigenvalue weighted by atomic mass is 15.5. The monoisotopic (exact) mass is 680 g/mol. The van der Waals surface area contributed by atoms with Crippen molar-refractivity contribution in [3.8, 4) is 0 Å². The molecule has 3 aliphatic rings. The van der Waals surface area contributed by atoms with E-state index in [9.17, 15) is 0 Å². The molecule has 0 radical (unpaired) electrons. The molecular formula is C48H48N4. The zero-order valence-electron chi connectivity index (χ0n) is 30.4. The average Bonchev–Trinajstić information content (AvgIpc) is 3.43. The van der Waals surface area contributed by atoms with E-state index in [0.29, 0.717) is 0 Å². The molecule has 0 amide bonds. The van der Waals surface area contributed by atoms with Gasteiger partial charge in [0.25, 0.3) is 0 Å². The summed E-state index contributed by atoms with van der Waals surface area (Å²) in [5.74, 6) is 0. The Bertz CT molecular complexity index is 2090. The highest BCUT2D eigenvalue weighted by Crippen LogP contribution is 2.35. The quantitative estimate of drug-likeness (QED) is 0.108. The average molecular weight is 681 g/mol. The van der Waals surface area contributed by atoms with E-state index >= 15 is 0 Å². The molecular weight excluding hydrogens is 633 g/mol. The van der Waals surface area contributed by atoms with Crippen LogP contribution < -0.4 is 5.01 Å². The molecule has 1 heterocycles. The molecule has 0 fully saturated rings. The predicted molar refractivity (Wildman–Crippen MR) is 225 cm³/mol. The standard InChI is InChI=1S/C48H48N4/c1-4-6-7-9-21-28-44(5-2)49-51(38(3)39-22-19-14-20-23-39)45-33-29-40(30-34-45)41-31-35-46(36-32-41)52-48(43-26-17-12-13-18-27-43)37-47(50-52)42-24-15-10-8-11-16-25-42/h4,6-12,14-15,17-24,26-31,33-35,37H,3,5,13,16,25,32,36H2,1-2H3/b6-4-,9-7-,11-8-,15-10-,28-21+,42-24+,49-44+. The van der Waals surface area contributed by atoms with Crippen LogP contribution in [0.4, 0.5) is 5.69 Å². The van der Waals surface area contributed by atoms with Gasteiger partial charge in [0, 0.05) is 5.70 Å². The number of benzene rings is 2. The van der Waals surface area contributed by atoms with E-state index in [4.69, 9.17) is 10.2 Å². The first-order valence-corrected chi connectivity index (χ1v) is 18.4. The highest BCUT2D eigenvalue weighted by molar-refractivity contribution is 5.97. The maximum Gasteiger partial charge on any atom is 0.0893 e. The van der Waals surface area contributed by atoms with Crippen molar-refractivity contribution in [2.24, 2.45) is 5.10 Å². The van der Waals surface area contributed by atoms with Crippen molar-refractivity contribution in [1.82, 2.24) is 9.78 Å². The Morgan fingerprint density at radius 1 is 0.827 bits per heavy atom. The number of anilines is 1. The van der Waals surface area contributed by atoms with Crippen LogP contribution in [0, 0.1) is 0 Å². The molecule has 0 saturated carbocycles. The lowest BCUT2D eigenvalue weighted by Crippen LogP contribution is -2.16. The smallest absolute Gasteiger partial charge is 0.0893 e. The largest absolute Gasteiger partial charge is 0.237 e. The maximum absolute atomic E-state index is 5.22. The fourth-order valence-electron chi connectivity index (χ4n) is 6.30. The van der Waals surface area contributed by atoms with Gasteiger partial charge in [-0.15, -0.1) is 0 Å². The first-order chi connectivity index (χ1) is 25.6. The SMILES string of the molecule is C=C(c1ccccc1)N(/N=C(/C=C/C=C\C=C/C)CC)c1ccc(C2=CC=C(n3nc(/C4=C/C=C\C=C/CC4)cc3C3=CC=CCC=C3)CC2)cc1. The molecule has 0 aliphatic heterocycles. The molecule has 1 aromatic heterocycles. The van der Waals surface area contributed by atoms with Crippen LogP contribution in [-0.4, -0.2) is 15.5 Å². The molecule has 260 valence electrons. The van der Waals surface area contributed by atoms with Gasteiger partial charge in [-0.25, -0.2) is 9.69 Å². The van der Waals surface area contributed by atoms with Crippen molar-refractivity contribution in [2.75, 3.05) is 5.01 Å². The van der Waals surface area contributed by atoms with Crippen molar-refractivity contribution in [3.05, 3.63) is 199 Å². The van der Waals surface area contributed by atoms with Gasteiger partial charge < -0.3 is 0 Å². The normalized spacial score (nSPS) is 18.7. The summed E-state index contributed by atoms with van der Waals surface area (Å²) in [6.07, 6.45) is 43.9. The van der Waals surface area contributed by atoms with E-state index in [0.717, 1.165) is 72.6 Å². The van der Waals surface area contributed by atoms with E-state index in [2.05, 4.69) is 140 Å². The third kappa shape index (κ3) is 9.21. The summed E-state index contributed by atoms with van der Waals surface area (Å²) in [6.45, 7) is 8.61. The number of allylic oxidation sites excluding steroid dienone is 22. The summed E-state index contributed by atoms with van der Waals surface area (Å²) < 4.78 is 2.17. The van der Waals surface area contributed by atoms with Crippen LogP contribution in [0.15, 0.2) is 182 Å². The van der Waals surface area contributed by atoms with Crippen LogP contribution in [0.5, 0.6) is 0 Å². The van der Waals surface area contributed by atoms with Crippen molar-refractivity contribution >= 4 is 39.5 Å². The van der Waals surface area contributed by atoms with Crippen LogP contribution in [0.2, 0.25) is 0 Å². The first kappa shape index (κ1) is 35.8. The van der Waals surface area contributed by atoms with E-state index in [1.54, 1.807) is 0 Å². The molecule has 52 heavy (non-hydrogen) atoms. The molecule has 2 aromatic carbocycles. The lowest BCUT2D eigenvalue weighted by molar-refractivity contribution is 0.826. The van der Waals surface area contributed by atoms with Gasteiger partial charge >= 0.3 is 0 Å². The van der Waals surface area contributed by atoms with E-state index in [1.807, 2.05) is 60.5 Å². The molecule has 0 spiro atoms. The molecule has 0 unspecified atom stereocenters. The minimum atomic E-state index is 0.794. The second-order valence-corrected chi connectivity index (χ2v) is 12.8. The highest BCUT2D eigenvalue weighted by Gasteiger charge is 2.19. The molecule has 0 atom stereocenters. The van der Waals surface area contributed by atoms with Gasteiger partial charge in [-0.1, -0.05) is 153 Å². The van der Waals surface area contributed by atoms with Gasteiger partial charge in [-0.3, -0.25) is 0 Å². The number of hydrogen-bond donors (Lipinski definition) is 0. The Balaban J connectivity index is 1.29. The van der Waals surface area contributed by atoms with Gasteiger partial charge in [-0.05, 0) is 104 Å². The van der Waals surface area contributed by atoms with E-state index < -0.39 is 0 Å². The number of aromatic nitrogens is 2. The second-order valence-electron chi connectivity index (χ2n) is 12.8. The zero-order valence-corrected chi connectivity index (χ0v) is 30.4. The number of hydrazone groups is 1. The molecule has 6 rings (SSSR count). The maximum atomic E-state index is 5.22. The lowest BCUT2D eigenvalue weighted by atomic mass is 9.95. The fraction of sp³-hybridized carbons (Fsp3) is 0.167. The summed E-state index contributed by atoms with van der Waals surface area (Å²) >= 11 is 0. The molecule has 0 saturated heterocycles. The minimum Gasteiger partial charge on any atom is -0.237 e. The number of rotatable bonds is 12. The van der Waals surface area contributed by atoms with Gasteiger partial charge in [0.1, 0.15) is 0 Å². The Hall–Kier alpha value is -6.00. The summed E-state index contributed by atoms with van der Waals surface area (Å²) in [7, 11) is 0. The van der Waals surface area contributed by atoms with E-state index in [-0.39, 0.29) is 0 Å². The first-order valence-electron chi connectivity index (χ1n) is 18.4. The molecule has 4 nitrogen and oxygen atoms in total. The number of hydrogen-bond acceptors (Lipinski definition) is 3. The summed E-state index contributed by atoms with van der Waals surface area (Å²) in [5.41, 5.74) is 12.1. The van der Waals surface area contributed by atoms with Crippen LogP contribution in [0.3, 0.4) is 0 Å². The van der Waals surface area contributed by atoms with Gasteiger partial charge in [0.2, 0.25) is 0 Å². The van der Waals surface area contributed by atoms with Crippen LogP contribution in [0.25, 0.3) is 28.1 Å². The van der Waals surface area contributed by atoms with Crippen molar-refractivity contribution in [2.45, 2.75) is 52.4 Å². The van der Waals surface area contributed by atoms with Gasteiger partial charge in [0.15, 0.2) is 0 Å². The zero-order chi connectivity index (χ0) is 36.0. The predicted octanol–water partition coefficient (Wildman–Crippen LogP) is 12.7. The third-order valence-corrected chi connectivity index (χ3v) is 9.20. The summed E-state index contributed by atoms with van der Waals surface area (Å²) in [5, 5.41) is 12.3. The molecule has 0 bridgehead atoms. The Labute approximate surface area is 310 Å². The lowest BCUT2D eigenvalue weighted by Gasteiger charge is -2.23. The van der Waals surface area contributed by atoms with Crippen LogP contribution in [0.1, 0.15) is 74.9 Å². The molecule has 4 heteroatoms. The fourth-order valence-corrected chi connectivity index (χ4v) is 6.30. The molecule has 0 N–H and O–H groups in total. The van der Waals surface area contributed by atoms with Gasteiger partial charge in [0.05, 0.1) is 28.5 Å². The van der Waals surface area contributed by atoms with Crippen LogP contribution in [-0.2, 0) is 0 Å². The number of nitrogens with zero attached hydrogens (tertiary/aromatic N) is 4. The van der Waals surface area contributed by atoms with E-state index in [1.165, 1.54) is 28.0 Å².